The van der Waals surface area contributed by atoms with Crippen LogP contribution in [0.2, 0.25) is 0 Å². The Morgan fingerprint density at radius 3 is 2.62 bits per heavy atom. The summed E-state index contributed by atoms with van der Waals surface area (Å²) in [7, 11) is 3.49. The van der Waals surface area contributed by atoms with E-state index >= 15 is 0 Å². The van der Waals surface area contributed by atoms with Crippen molar-refractivity contribution in [1.29, 1.82) is 0 Å². The van der Waals surface area contributed by atoms with Gasteiger partial charge in [0.15, 0.2) is 0 Å². The molecule has 6 nitrogen and oxygen atoms in total. The quantitative estimate of drug-likeness (QED) is 0.789. The van der Waals surface area contributed by atoms with E-state index in [1.54, 1.807) is 19.0 Å². The first-order chi connectivity index (χ1) is 7.54. The number of likely N-dealkylation sites (N-methyl/N-ethyl adjacent to an activating group) is 2. The first kappa shape index (κ1) is 12.9. The summed E-state index contributed by atoms with van der Waals surface area (Å²) in [5.74, 6) is 0.0728. The predicted octanol–water partition coefficient (Wildman–Crippen LogP) is 0.0304. The van der Waals surface area contributed by atoms with E-state index in [0.29, 0.717) is 18.1 Å². The maximum atomic E-state index is 11.5. The van der Waals surface area contributed by atoms with E-state index in [1.165, 1.54) is 11.5 Å². The average molecular weight is 243 g/mol. The van der Waals surface area contributed by atoms with Gasteiger partial charge in [0.1, 0.15) is 10.7 Å². The van der Waals surface area contributed by atoms with Crippen LogP contribution in [-0.4, -0.2) is 52.5 Å². The monoisotopic (exact) mass is 243 g/mol. The number of nitrogens with zero attached hydrogens (tertiary/aromatic N) is 4. The molecule has 0 bridgehead atoms. The van der Waals surface area contributed by atoms with Crippen molar-refractivity contribution in [2.24, 2.45) is 0 Å². The van der Waals surface area contributed by atoms with Gasteiger partial charge in [0, 0.05) is 32.2 Å². The third-order valence-corrected chi connectivity index (χ3v) is 2.86. The number of aromatic nitrogens is 2. The van der Waals surface area contributed by atoms with Gasteiger partial charge >= 0.3 is 0 Å². The number of rotatable bonds is 5. The number of hydrogen-bond acceptors (Lipinski definition) is 6. The Morgan fingerprint density at radius 1 is 1.50 bits per heavy atom. The largest absolute Gasteiger partial charge is 0.388 e. The van der Waals surface area contributed by atoms with Crippen LogP contribution in [0, 0.1) is 0 Å². The second kappa shape index (κ2) is 5.76. The second-order valence-electron chi connectivity index (χ2n) is 3.68. The van der Waals surface area contributed by atoms with Gasteiger partial charge in [-0.3, -0.25) is 9.69 Å². The topological polar surface area (TPSA) is 75.4 Å². The summed E-state index contributed by atoms with van der Waals surface area (Å²) in [4.78, 5) is 15.1. The molecule has 0 unspecified atom stereocenters. The summed E-state index contributed by atoms with van der Waals surface area (Å²) in [6.07, 6.45) is 0. The van der Waals surface area contributed by atoms with Crippen LogP contribution in [0.1, 0.15) is 12.6 Å². The molecule has 0 saturated heterocycles. The smallest absolute Gasteiger partial charge is 0.236 e. The normalized spacial score (nSPS) is 10.8. The predicted molar refractivity (Wildman–Crippen MR) is 64.0 cm³/mol. The van der Waals surface area contributed by atoms with E-state index in [9.17, 15) is 4.79 Å². The Hall–Kier alpha value is -1.21. The van der Waals surface area contributed by atoms with Crippen molar-refractivity contribution in [2.75, 3.05) is 32.9 Å². The highest BCUT2D eigenvalue weighted by molar-refractivity contribution is 7.09. The Kier molecular flexibility index (Phi) is 4.63. The highest BCUT2D eigenvalue weighted by atomic mass is 32.1. The molecule has 7 heteroatoms. The Balaban J connectivity index is 2.56. The molecule has 1 heterocycles. The van der Waals surface area contributed by atoms with Gasteiger partial charge in [-0.05, 0) is 6.54 Å². The van der Waals surface area contributed by atoms with Gasteiger partial charge in [-0.15, -0.1) is 5.10 Å². The maximum Gasteiger partial charge on any atom is 0.236 e. The summed E-state index contributed by atoms with van der Waals surface area (Å²) < 4.78 is 3.77. The Bertz CT molecular complexity index is 351. The Morgan fingerprint density at radius 2 is 2.19 bits per heavy atom. The summed E-state index contributed by atoms with van der Waals surface area (Å²) in [5.41, 5.74) is 6.45. The van der Waals surface area contributed by atoms with Crippen molar-refractivity contribution >= 4 is 22.4 Å². The van der Waals surface area contributed by atoms with Crippen molar-refractivity contribution in [2.45, 2.75) is 13.5 Å². The fourth-order valence-electron chi connectivity index (χ4n) is 1.15. The molecule has 0 aliphatic rings. The Labute approximate surface area is 99.2 Å². The molecule has 1 aromatic rings. The third-order valence-electron chi connectivity index (χ3n) is 2.26. The summed E-state index contributed by atoms with van der Waals surface area (Å²) in [6.45, 7) is 3.72. The fraction of sp³-hybridized carbons (Fsp3) is 0.667. The molecule has 0 spiro atoms. The molecule has 0 radical (unpaired) electrons. The molecule has 0 fully saturated rings. The first-order valence-electron chi connectivity index (χ1n) is 5.03. The van der Waals surface area contributed by atoms with Crippen molar-refractivity contribution < 1.29 is 4.79 Å². The zero-order valence-corrected chi connectivity index (χ0v) is 10.6. The number of anilines is 1. The fourth-order valence-corrected chi connectivity index (χ4v) is 1.59. The lowest BCUT2D eigenvalue weighted by atomic mass is 10.3. The third kappa shape index (κ3) is 3.42. The first-order valence-corrected chi connectivity index (χ1v) is 5.81. The van der Waals surface area contributed by atoms with Crippen LogP contribution in [0.4, 0.5) is 5.00 Å². The minimum absolute atomic E-state index is 0.0728. The molecule has 1 rings (SSSR count). The molecule has 1 amide bonds. The molecule has 2 N–H and O–H groups in total. The SMILES string of the molecule is CCN(CC(=O)N(C)C)Cc1nnsc1N. The highest BCUT2D eigenvalue weighted by Crippen LogP contribution is 2.14. The second-order valence-corrected chi connectivity index (χ2v) is 4.46. The molecule has 0 aliphatic heterocycles. The minimum atomic E-state index is 0.0728. The number of amides is 1. The molecule has 0 saturated carbocycles. The molecule has 0 aromatic carbocycles. The number of nitrogens with two attached hydrogens (primary N) is 1. The molecule has 1 aromatic heterocycles. The van der Waals surface area contributed by atoms with Crippen LogP contribution in [0.15, 0.2) is 0 Å². The molecular weight excluding hydrogens is 226 g/mol. The molecule has 16 heavy (non-hydrogen) atoms. The van der Waals surface area contributed by atoms with E-state index in [2.05, 4.69) is 9.59 Å². The van der Waals surface area contributed by atoms with E-state index in [1.807, 2.05) is 11.8 Å². The number of hydrogen-bond donors (Lipinski definition) is 1. The lowest BCUT2D eigenvalue weighted by Gasteiger charge is -2.20. The van der Waals surface area contributed by atoms with Crippen LogP contribution >= 0.6 is 11.5 Å². The summed E-state index contributed by atoms with van der Waals surface area (Å²) in [6, 6.07) is 0. The van der Waals surface area contributed by atoms with Crippen molar-refractivity contribution in [3.63, 3.8) is 0 Å². The zero-order chi connectivity index (χ0) is 12.1. The standard InChI is InChI=1S/C9H17N5OS/c1-4-14(6-8(15)13(2)3)5-7-9(10)16-12-11-7/h4-6,10H2,1-3H3. The lowest BCUT2D eigenvalue weighted by molar-refractivity contribution is -0.130. The molecule has 0 aliphatic carbocycles. The van der Waals surface area contributed by atoms with Gasteiger partial charge in [-0.25, -0.2) is 0 Å². The van der Waals surface area contributed by atoms with Crippen molar-refractivity contribution in [3.8, 4) is 0 Å². The molecule has 90 valence electrons. The van der Waals surface area contributed by atoms with Gasteiger partial charge in [0.25, 0.3) is 0 Å². The highest BCUT2D eigenvalue weighted by Gasteiger charge is 2.14. The van der Waals surface area contributed by atoms with Gasteiger partial charge in [0.05, 0.1) is 6.54 Å². The van der Waals surface area contributed by atoms with Crippen LogP contribution in [0.5, 0.6) is 0 Å². The van der Waals surface area contributed by atoms with Crippen LogP contribution in [0.25, 0.3) is 0 Å². The molecule has 0 atom stereocenters. The van der Waals surface area contributed by atoms with Gasteiger partial charge in [0.2, 0.25) is 5.91 Å². The maximum absolute atomic E-state index is 11.5. The van der Waals surface area contributed by atoms with E-state index in [-0.39, 0.29) is 5.91 Å². The van der Waals surface area contributed by atoms with Gasteiger partial charge in [-0.1, -0.05) is 11.4 Å². The van der Waals surface area contributed by atoms with Crippen LogP contribution < -0.4 is 5.73 Å². The van der Waals surface area contributed by atoms with Gasteiger partial charge in [-0.2, -0.15) is 0 Å². The van der Waals surface area contributed by atoms with Crippen molar-refractivity contribution in [3.05, 3.63) is 5.69 Å². The van der Waals surface area contributed by atoms with Crippen LogP contribution in [0.3, 0.4) is 0 Å². The minimum Gasteiger partial charge on any atom is -0.388 e. The van der Waals surface area contributed by atoms with Gasteiger partial charge < -0.3 is 10.6 Å². The van der Waals surface area contributed by atoms with E-state index in [0.717, 1.165) is 12.2 Å². The number of carbonyl (C=O) groups excluding carboxylic acids is 1. The summed E-state index contributed by atoms with van der Waals surface area (Å²) >= 11 is 1.18. The molecular formula is C9H17N5OS. The zero-order valence-electron chi connectivity index (χ0n) is 9.80. The van der Waals surface area contributed by atoms with Crippen molar-refractivity contribution in [1.82, 2.24) is 19.4 Å². The average Bonchev–Trinajstić information content (AvgIpc) is 2.63. The number of carbonyl (C=O) groups is 1. The lowest BCUT2D eigenvalue weighted by Crippen LogP contribution is -2.36. The summed E-state index contributed by atoms with van der Waals surface area (Å²) in [5, 5.41) is 4.55. The van der Waals surface area contributed by atoms with E-state index < -0.39 is 0 Å². The van der Waals surface area contributed by atoms with E-state index in [4.69, 9.17) is 5.73 Å². The van der Waals surface area contributed by atoms with Crippen LogP contribution in [-0.2, 0) is 11.3 Å². The number of nitrogen functional groups attached to an aromatic ring is 1.